The molecule has 5 nitrogen and oxygen atoms in total. The van der Waals surface area contributed by atoms with Gasteiger partial charge in [-0.2, -0.15) is 26.3 Å². The number of aryl methyl sites for hydroxylation is 2. The Bertz CT molecular complexity index is 1170. The summed E-state index contributed by atoms with van der Waals surface area (Å²) < 4.78 is 86.0. The lowest BCUT2D eigenvalue weighted by Gasteiger charge is -2.33. The van der Waals surface area contributed by atoms with Crippen molar-refractivity contribution in [3.8, 4) is 0 Å². The molecular formula is C27H30F6N2O3. The maximum Gasteiger partial charge on any atom is 0.416 e. The average molecular weight is 545 g/mol. The van der Waals surface area contributed by atoms with Gasteiger partial charge in [0, 0.05) is 20.0 Å². The van der Waals surface area contributed by atoms with Gasteiger partial charge in [0.1, 0.15) is 0 Å². The lowest BCUT2D eigenvalue weighted by atomic mass is 9.94. The summed E-state index contributed by atoms with van der Waals surface area (Å²) in [6.45, 7) is 8.12. The highest BCUT2D eigenvalue weighted by atomic mass is 19.4. The Morgan fingerprint density at radius 3 is 2.03 bits per heavy atom. The highest BCUT2D eigenvalue weighted by Crippen LogP contribution is 2.41. The molecule has 0 radical (unpaired) electrons. The lowest BCUT2D eigenvalue weighted by Crippen LogP contribution is -2.35. The van der Waals surface area contributed by atoms with Gasteiger partial charge in [-0.1, -0.05) is 6.07 Å². The van der Waals surface area contributed by atoms with Crippen molar-refractivity contribution in [1.82, 2.24) is 4.90 Å². The van der Waals surface area contributed by atoms with Crippen LogP contribution in [0.5, 0.6) is 0 Å². The lowest BCUT2D eigenvalue weighted by molar-refractivity contribution is -0.143. The van der Waals surface area contributed by atoms with Crippen molar-refractivity contribution in [1.29, 1.82) is 0 Å². The van der Waals surface area contributed by atoms with Crippen LogP contribution >= 0.6 is 0 Å². The van der Waals surface area contributed by atoms with Gasteiger partial charge in [0.2, 0.25) is 5.91 Å². The third-order valence-corrected chi connectivity index (χ3v) is 6.49. The first kappa shape index (κ1) is 29.3. The fourth-order valence-corrected chi connectivity index (χ4v) is 4.57. The summed E-state index contributed by atoms with van der Waals surface area (Å²) in [5.41, 5.74) is -0.393. The summed E-state index contributed by atoms with van der Waals surface area (Å²) in [5.74, 6) is -0.525. The number of hydrogen-bond acceptors (Lipinski definition) is 3. The van der Waals surface area contributed by atoms with Crippen molar-refractivity contribution in [3.63, 3.8) is 0 Å². The van der Waals surface area contributed by atoms with E-state index in [1.807, 2.05) is 13.8 Å². The topological polar surface area (TPSA) is 49.9 Å². The highest BCUT2D eigenvalue weighted by Gasteiger charge is 2.38. The van der Waals surface area contributed by atoms with Crippen LogP contribution in [0.2, 0.25) is 0 Å². The van der Waals surface area contributed by atoms with Crippen LogP contribution < -0.4 is 4.90 Å². The molecular weight excluding hydrogens is 514 g/mol. The van der Waals surface area contributed by atoms with E-state index in [0.717, 1.165) is 11.1 Å². The predicted octanol–water partition coefficient (Wildman–Crippen LogP) is 7.58. The van der Waals surface area contributed by atoms with Gasteiger partial charge in [0.15, 0.2) is 0 Å². The van der Waals surface area contributed by atoms with E-state index in [4.69, 9.17) is 4.74 Å². The average Bonchev–Trinajstić information content (AvgIpc) is 2.95. The fourth-order valence-electron chi connectivity index (χ4n) is 4.57. The summed E-state index contributed by atoms with van der Waals surface area (Å²) >= 11 is 0. The van der Waals surface area contributed by atoms with E-state index in [9.17, 15) is 35.9 Å². The third kappa shape index (κ3) is 6.60. The Balaban J connectivity index is 2.12. The molecule has 11 heteroatoms. The van der Waals surface area contributed by atoms with E-state index in [0.29, 0.717) is 36.2 Å². The van der Waals surface area contributed by atoms with Gasteiger partial charge in [-0.15, -0.1) is 0 Å². The quantitative estimate of drug-likeness (QED) is 0.373. The summed E-state index contributed by atoms with van der Waals surface area (Å²) in [7, 11) is 0. The minimum Gasteiger partial charge on any atom is -0.446 e. The number of carbonyl (C=O) groups is 2. The van der Waals surface area contributed by atoms with Crippen LogP contribution in [-0.2, 0) is 28.4 Å². The van der Waals surface area contributed by atoms with Crippen molar-refractivity contribution in [2.45, 2.75) is 78.5 Å². The number of ether oxygens (including phenoxy) is 1. The molecule has 1 aliphatic rings. The van der Waals surface area contributed by atoms with Crippen molar-refractivity contribution < 1.29 is 40.7 Å². The second-order valence-corrected chi connectivity index (χ2v) is 9.80. The molecule has 1 heterocycles. The molecule has 2 aromatic carbocycles. The van der Waals surface area contributed by atoms with Crippen molar-refractivity contribution >= 4 is 17.7 Å². The van der Waals surface area contributed by atoms with Gasteiger partial charge in [0.25, 0.3) is 0 Å². The minimum absolute atomic E-state index is 0.0624. The van der Waals surface area contributed by atoms with Crippen LogP contribution in [0.4, 0.5) is 36.8 Å². The molecule has 0 saturated heterocycles. The Morgan fingerprint density at radius 2 is 1.53 bits per heavy atom. The SMILES string of the molecule is CC(=O)N(Cc1cc(C(F)(F)F)cc(C(F)(F)F)c1)[C@H]1CCCN(C(=O)OC(C)C)c2cc(C)c(C)cc21. The van der Waals surface area contributed by atoms with Crippen molar-refractivity contribution in [2.75, 3.05) is 11.4 Å². The molecule has 0 aliphatic carbocycles. The molecule has 0 spiro atoms. The zero-order valence-electron chi connectivity index (χ0n) is 21.8. The molecule has 38 heavy (non-hydrogen) atoms. The number of halogens is 6. The van der Waals surface area contributed by atoms with Gasteiger partial charge in [-0.3, -0.25) is 9.69 Å². The van der Waals surface area contributed by atoms with E-state index in [2.05, 4.69) is 0 Å². The maximum atomic E-state index is 13.4. The van der Waals surface area contributed by atoms with Crippen molar-refractivity contribution in [2.24, 2.45) is 0 Å². The molecule has 0 saturated carbocycles. The minimum atomic E-state index is -5.00. The van der Waals surface area contributed by atoms with Gasteiger partial charge in [-0.25, -0.2) is 4.79 Å². The molecule has 1 atom stereocenters. The van der Waals surface area contributed by atoms with Crippen LogP contribution in [0.25, 0.3) is 0 Å². The molecule has 0 fully saturated rings. The molecule has 0 aromatic heterocycles. The zero-order valence-corrected chi connectivity index (χ0v) is 21.8. The fraction of sp³-hybridized carbons (Fsp3) is 0.481. The smallest absolute Gasteiger partial charge is 0.416 e. The summed E-state index contributed by atoms with van der Waals surface area (Å²) in [6.07, 6.45) is -10.2. The van der Waals surface area contributed by atoms with Crippen LogP contribution in [0.1, 0.15) is 73.0 Å². The van der Waals surface area contributed by atoms with Gasteiger partial charge >= 0.3 is 18.4 Å². The van der Waals surface area contributed by atoms with Crippen LogP contribution in [0.3, 0.4) is 0 Å². The number of anilines is 1. The number of carbonyl (C=O) groups excluding carboxylic acids is 2. The number of rotatable bonds is 4. The molecule has 208 valence electrons. The first-order valence-electron chi connectivity index (χ1n) is 12.1. The predicted molar refractivity (Wildman–Crippen MR) is 130 cm³/mol. The Hall–Kier alpha value is -3.24. The first-order chi connectivity index (χ1) is 17.5. The maximum absolute atomic E-state index is 13.4. The second kappa shape index (κ2) is 10.9. The van der Waals surface area contributed by atoms with Crippen LogP contribution in [-0.4, -0.2) is 29.5 Å². The Labute approximate surface area is 217 Å². The van der Waals surface area contributed by atoms with E-state index >= 15 is 0 Å². The normalized spacial score (nSPS) is 16.2. The number of fused-ring (bicyclic) bond motifs is 1. The van der Waals surface area contributed by atoms with E-state index in [1.54, 1.807) is 26.0 Å². The molecule has 1 aliphatic heterocycles. The molecule has 3 rings (SSSR count). The van der Waals surface area contributed by atoms with Crippen LogP contribution in [0.15, 0.2) is 30.3 Å². The molecule has 2 amide bonds. The summed E-state index contributed by atoms with van der Waals surface area (Å²) in [4.78, 5) is 28.4. The number of nitrogens with zero attached hydrogens (tertiary/aromatic N) is 2. The van der Waals surface area contributed by atoms with E-state index in [-0.39, 0.29) is 24.3 Å². The molecule has 2 aromatic rings. The van der Waals surface area contributed by atoms with Gasteiger partial charge in [-0.05, 0) is 87.1 Å². The zero-order chi connectivity index (χ0) is 28.6. The van der Waals surface area contributed by atoms with Gasteiger partial charge in [0.05, 0.1) is 29.0 Å². The van der Waals surface area contributed by atoms with Crippen molar-refractivity contribution in [3.05, 3.63) is 63.7 Å². The Kier molecular flexibility index (Phi) is 8.38. The Morgan fingerprint density at radius 1 is 0.974 bits per heavy atom. The number of alkyl halides is 6. The monoisotopic (exact) mass is 544 g/mol. The van der Waals surface area contributed by atoms with Gasteiger partial charge < -0.3 is 9.64 Å². The third-order valence-electron chi connectivity index (χ3n) is 6.49. The second-order valence-electron chi connectivity index (χ2n) is 9.80. The number of benzene rings is 2. The standard InChI is InChI=1S/C27H30F6N2O3/c1-15(2)38-25(37)34-8-6-7-23(22-9-16(3)17(4)10-24(22)34)35(18(5)36)14-19-11-20(26(28,29)30)13-21(12-19)27(31,32)33/h9-13,15,23H,6-8,14H2,1-5H3/t23-/m0/s1. The van der Waals surface area contributed by atoms with E-state index < -0.39 is 48.1 Å². The number of hydrogen-bond donors (Lipinski definition) is 0. The summed E-state index contributed by atoms with van der Waals surface area (Å²) in [5, 5.41) is 0. The number of amides is 2. The largest absolute Gasteiger partial charge is 0.446 e. The van der Waals surface area contributed by atoms with E-state index in [1.165, 1.54) is 16.7 Å². The molecule has 0 bridgehead atoms. The van der Waals surface area contributed by atoms with Crippen LogP contribution in [0, 0.1) is 13.8 Å². The highest BCUT2D eigenvalue weighted by molar-refractivity contribution is 5.89. The molecule has 0 unspecified atom stereocenters. The summed E-state index contributed by atoms with van der Waals surface area (Å²) in [6, 6.07) is 4.23. The first-order valence-corrected chi connectivity index (χ1v) is 12.1. The molecule has 0 N–H and O–H groups in total.